The molecule has 9 heteroatoms. The number of amides is 1. The maximum atomic E-state index is 13.4. The number of hydrogen-bond donors (Lipinski definition) is 1. The molecule has 0 radical (unpaired) electrons. The second kappa shape index (κ2) is 15.3. The number of nitrogens with one attached hydrogen (secondary N) is 1. The van der Waals surface area contributed by atoms with Gasteiger partial charge in [0.2, 0.25) is 0 Å². The van der Waals surface area contributed by atoms with E-state index in [2.05, 4.69) is 15.3 Å². The van der Waals surface area contributed by atoms with Gasteiger partial charge in [-0.25, -0.2) is 9.78 Å². The molecule has 48 heavy (non-hydrogen) atoms. The highest BCUT2D eigenvalue weighted by molar-refractivity contribution is 6.12. The van der Waals surface area contributed by atoms with Crippen molar-refractivity contribution in [2.75, 3.05) is 32.1 Å². The molecule has 1 aromatic heterocycles. The van der Waals surface area contributed by atoms with E-state index in [-0.39, 0.29) is 11.7 Å². The second-order valence-corrected chi connectivity index (χ2v) is 11.9. The van der Waals surface area contributed by atoms with Gasteiger partial charge >= 0.3 is 5.97 Å². The van der Waals surface area contributed by atoms with E-state index < -0.39 is 12.0 Å². The Balaban J connectivity index is 1.04. The molecule has 5 aromatic rings. The van der Waals surface area contributed by atoms with Crippen molar-refractivity contribution >= 4 is 34.4 Å². The SMILES string of the molecule is COC(=O)C(Cc1ccc(OCCCN(CC2CC2)C(=O)c2cnc3ccccc3n2)cc1)Nc1ccccc1C(=O)c1ccccc1. The summed E-state index contributed by atoms with van der Waals surface area (Å²) in [5.74, 6) is 0.561. The van der Waals surface area contributed by atoms with Crippen molar-refractivity contribution < 1.29 is 23.9 Å². The first kappa shape index (κ1) is 32.4. The predicted molar refractivity (Wildman–Crippen MR) is 184 cm³/mol. The number of benzene rings is 4. The van der Waals surface area contributed by atoms with E-state index >= 15 is 0 Å². The summed E-state index contributed by atoms with van der Waals surface area (Å²) in [6.07, 6.45) is 4.85. The number of rotatable bonds is 15. The van der Waals surface area contributed by atoms with Crippen LogP contribution in [0.2, 0.25) is 0 Å². The number of ketones is 1. The summed E-state index contributed by atoms with van der Waals surface area (Å²) in [5, 5.41) is 3.24. The Hall–Kier alpha value is -5.57. The maximum Gasteiger partial charge on any atom is 0.328 e. The van der Waals surface area contributed by atoms with Crippen molar-refractivity contribution in [3.63, 3.8) is 0 Å². The molecule has 1 N–H and O–H groups in total. The van der Waals surface area contributed by atoms with Crippen LogP contribution in [0.3, 0.4) is 0 Å². The number of nitrogens with zero attached hydrogens (tertiary/aromatic N) is 3. The zero-order valence-corrected chi connectivity index (χ0v) is 26.9. The van der Waals surface area contributed by atoms with Gasteiger partial charge in [0.05, 0.1) is 30.9 Å². The van der Waals surface area contributed by atoms with Gasteiger partial charge in [-0.3, -0.25) is 14.6 Å². The molecule has 1 heterocycles. The number of aromatic nitrogens is 2. The maximum absolute atomic E-state index is 13.4. The Morgan fingerprint density at radius 3 is 2.33 bits per heavy atom. The minimum atomic E-state index is -0.714. The third-order valence-electron chi connectivity index (χ3n) is 8.36. The molecule has 244 valence electrons. The lowest BCUT2D eigenvalue weighted by atomic mass is 10.00. The Morgan fingerprint density at radius 2 is 1.58 bits per heavy atom. The van der Waals surface area contributed by atoms with Crippen LogP contribution in [-0.2, 0) is 16.0 Å². The molecule has 1 unspecified atom stereocenters. The van der Waals surface area contributed by atoms with Crippen molar-refractivity contribution in [3.05, 3.63) is 132 Å². The third kappa shape index (κ3) is 8.22. The van der Waals surface area contributed by atoms with Crippen molar-refractivity contribution in [1.82, 2.24) is 14.9 Å². The Kier molecular flexibility index (Phi) is 10.4. The van der Waals surface area contributed by atoms with Gasteiger partial charge in [0, 0.05) is 36.3 Å². The molecule has 1 fully saturated rings. The van der Waals surface area contributed by atoms with Crippen LogP contribution in [0.1, 0.15) is 51.2 Å². The lowest BCUT2D eigenvalue weighted by Crippen LogP contribution is -2.35. The first-order chi connectivity index (χ1) is 23.5. The van der Waals surface area contributed by atoms with Gasteiger partial charge in [-0.05, 0) is 67.1 Å². The van der Waals surface area contributed by atoms with Gasteiger partial charge in [-0.1, -0.05) is 66.7 Å². The standard InChI is InChI=1S/C39H38N4O5/c1-47-39(46)35(41-32-13-6-5-12-31(32)37(44)29-10-3-2-4-11-29)24-27-18-20-30(21-19-27)48-23-9-22-43(26-28-16-17-28)38(45)36-25-40-33-14-7-8-15-34(33)42-36/h2-8,10-15,18-21,25,28,35,41H,9,16-17,22-24,26H2,1H3. The summed E-state index contributed by atoms with van der Waals surface area (Å²) in [4.78, 5) is 50.3. The van der Waals surface area contributed by atoms with Crippen LogP contribution in [0.25, 0.3) is 11.0 Å². The summed E-state index contributed by atoms with van der Waals surface area (Å²) < 4.78 is 11.1. The molecule has 1 amide bonds. The first-order valence-electron chi connectivity index (χ1n) is 16.2. The van der Waals surface area contributed by atoms with Crippen LogP contribution in [0.5, 0.6) is 5.75 Å². The molecule has 0 aliphatic heterocycles. The highest BCUT2D eigenvalue weighted by Crippen LogP contribution is 2.30. The van der Waals surface area contributed by atoms with E-state index in [1.807, 2.05) is 77.7 Å². The molecule has 1 aliphatic carbocycles. The number of methoxy groups -OCH3 is 1. The van der Waals surface area contributed by atoms with Crippen LogP contribution in [0.15, 0.2) is 109 Å². The van der Waals surface area contributed by atoms with E-state index in [0.29, 0.717) is 72.2 Å². The van der Waals surface area contributed by atoms with E-state index in [9.17, 15) is 14.4 Å². The van der Waals surface area contributed by atoms with Crippen LogP contribution in [0.4, 0.5) is 5.69 Å². The highest BCUT2D eigenvalue weighted by Gasteiger charge is 2.28. The summed E-state index contributed by atoms with van der Waals surface area (Å²) >= 11 is 0. The summed E-state index contributed by atoms with van der Waals surface area (Å²) in [5.41, 5.74) is 4.33. The fourth-order valence-corrected chi connectivity index (χ4v) is 5.59. The number of ether oxygens (including phenoxy) is 2. The summed E-state index contributed by atoms with van der Waals surface area (Å²) in [6.45, 7) is 1.71. The molecule has 0 spiro atoms. The van der Waals surface area contributed by atoms with E-state index in [1.54, 1.807) is 36.5 Å². The summed E-state index contributed by atoms with van der Waals surface area (Å²) in [6, 6.07) is 30.6. The highest BCUT2D eigenvalue weighted by atomic mass is 16.5. The van der Waals surface area contributed by atoms with Crippen molar-refractivity contribution in [2.45, 2.75) is 31.7 Å². The molecule has 1 saturated carbocycles. The number of carbonyl (C=O) groups excluding carboxylic acids is 3. The molecule has 0 saturated heterocycles. The Morgan fingerprint density at radius 1 is 0.875 bits per heavy atom. The van der Waals surface area contributed by atoms with Crippen molar-refractivity contribution in [2.24, 2.45) is 5.92 Å². The van der Waals surface area contributed by atoms with E-state index in [1.165, 1.54) is 7.11 Å². The average Bonchev–Trinajstić information content (AvgIpc) is 3.97. The van der Waals surface area contributed by atoms with Gasteiger partial charge in [0.15, 0.2) is 5.78 Å². The van der Waals surface area contributed by atoms with Crippen LogP contribution in [-0.4, -0.2) is 65.4 Å². The zero-order valence-electron chi connectivity index (χ0n) is 26.9. The van der Waals surface area contributed by atoms with E-state index in [0.717, 1.165) is 23.9 Å². The minimum absolute atomic E-state index is 0.106. The topological polar surface area (TPSA) is 111 Å². The Labute approximate surface area is 279 Å². The molecule has 9 nitrogen and oxygen atoms in total. The molecule has 0 bridgehead atoms. The lowest BCUT2D eigenvalue weighted by Gasteiger charge is -2.22. The first-order valence-corrected chi connectivity index (χ1v) is 16.2. The number of para-hydroxylation sites is 3. The second-order valence-electron chi connectivity index (χ2n) is 11.9. The predicted octanol–water partition coefficient (Wildman–Crippen LogP) is 6.38. The number of esters is 1. The molecular weight excluding hydrogens is 604 g/mol. The van der Waals surface area contributed by atoms with Crippen LogP contribution < -0.4 is 10.1 Å². The largest absolute Gasteiger partial charge is 0.494 e. The van der Waals surface area contributed by atoms with Gasteiger partial charge in [-0.15, -0.1) is 0 Å². The molecule has 6 rings (SSSR count). The van der Waals surface area contributed by atoms with Crippen LogP contribution >= 0.6 is 0 Å². The third-order valence-corrected chi connectivity index (χ3v) is 8.36. The molecule has 4 aromatic carbocycles. The number of anilines is 1. The monoisotopic (exact) mass is 642 g/mol. The fraction of sp³-hybridized carbons (Fsp3) is 0.256. The quantitative estimate of drug-likeness (QED) is 0.0796. The fourth-order valence-electron chi connectivity index (χ4n) is 5.59. The lowest BCUT2D eigenvalue weighted by molar-refractivity contribution is -0.141. The van der Waals surface area contributed by atoms with Crippen molar-refractivity contribution in [3.8, 4) is 5.75 Å². The number of carbonyl (C=O) groups is 3. The van der Waals surface area contributed by atoms with E-state index in [4.69, 9.17) is 9.47 Å². The van der Waals surface area contributed by atoms with Gasteiger partial charge in [-0.2, -0.15) is 0 Å². The number of hydrogen-bond acceptors (Lipinski definition) is 8. The summed E-state index contributed by atoms with van der Waals surface area (Å²) in [7, 11) is 1.35. The zero-order chi connectivity index (χ0) is 33.3. The van der Waals surface area contributed by atoms with Gasteiger partial charge < -0.3 is 19.7 Å². The van der Waals surface area contributed by atoms with Crippen LogP contribution in [0, 0.1) is 5.92 Å². The van der Waals surface area contributed by atoms with Crippen molar-refractivity contribution in [1.29, 1.82) is 0 Å². The normalized spacial score (nSPS) is 13.0. The smallest absolute Gasteiger partial charge is 0.328 e. The minimum Gasteiger partial charge on any atom is -0.494 e. The Bertz CT molecular complexity index is 1880. The van der Waals surface area contributed by atoms with Gasteiger partial charge in [0.1, 0.15) is 17.5 Å². The number of fused-ring (bicyclic) bond motifs is 1. The molecular formula is C39H38N4O5. The molecule has 1 atom stereocenters. The van der Waals surface area contributed by atoms with Gasteiger partial charge in [0.25, 0.3) is 5.91 Å². The molecule has 1 aliphatic rings. The average molecular weight is 643 g/mol.